The van der Waals surface area contributed by atoms with Gasteiger partial charge in [0, 0.05) is 5.69 Å². The molecule has 0 saturated carbocycles. The van der Waals surface area contributed by atoms with Gasteiger partial charge in [0.2, 0.25) is 0 Å². The second kappa shape index (κ2) is 4.48. The molecular formula is C12H13FN4O. The lowest BCUT2D eigenvalue weighted by atomic mass is 10.2. The van der Waals surface area contributed by atoms with Crippen molar-refractivity contribution in [1.29, 1.82) is 0 Å². The van der Waals surface area contributed by atoms with Crippen molar-refractivity contribution in [3.05, 3.63) is 41.0 Å². The smallest absolute Gasteiger partial charge is 0.278 e. The van der Waals surface area contributed by atoms with Gasteiger partial charge in [0.15, 0.2) is 5.69 Å². The second-order valence-electron chi connectivity index (χ2n) is 4.02. The Balaban J connectivity index is 2.27. The molecule has 1 amide bonds. The van der Waals surface area contributed by atoms with Crippen LogP contribution in [0.25, 0.3) is 0 Å². The van der Waals surface area contributed by atoms with Gasteiger partial charge in [-0.05, 0) is 31.5 Å². The second-order valence-corrected chi connectivity index (χ2v) is 4.02. The van der Waals surface area contributed by atoms with Gasteiger partial charge in [-0.2, -0.15) is 5.10 Å². The predicted molar refractivity (Wildman–Crippen MR) is 66.8 cm³/mol. The van der Waals surface area contributed by atoms with E-state index in [-0.39, 0.29) is 5.69 Å². The van der Waals surface area contributed by atoms with Gasteiger partial charge in [-0.3, -0.25) is 9.89 Å². The van der Waals surface area contributed by atoms with E-state index in [1.807, 2.05) is 0 Å². The maximum absolute atomic E-state index is 13.1. The molecule has 0 aliphatic rings. The number of benzene rings is 1. The van der Waals surface area contributed by atoms with E-state index in [1.54, 1.807) is 19.9 Å². The van der Waals surface area contributed by atoms with E-state index in [9.17, 15) is 9.18 Å². The molecule has 2 rings (SSSR count). The Kier molecular flexibility index (Phi) is 3.01. The Morgan fingerprint density at radius 3 is 2.78 bits per heavy atom. The van der Waals surface area contributed by atoms with E-state index in [1.165, 1.54) is 12.1 Å². The van der Waals surface area contributed by atoms with Crippen LogP contribution in [-0.4, -0.2) is 16.1 Å². The molecule has 1 heterocycles. The van der Waals surface area contributed by atoms with Crippen LogP contribution in [0.1, 0.15) is 21.7 Å². The highest BCUT2D eigenvalue weighted by Gasteiger charge is 2.16. The SMILES string of the molecule is Cc1ccc(F)cc1NC(=O)c1n[nH]c(C)c1N. The minimum absolute atomic E-state index is 0.108. The largest absolute Gasteiger partial charge is 0.395 e. The van der Waals surface area contributed by atoms with Gasteiger partial charge in [0.25, 0.3) is 5.91 Å². The van der Waals surface area contributed by atoms with Gasteiger partial charge in [0.05, 0.1) is 11.4 Å². The number of nitrogens with zero attached hydrogens (tertiary/aromatic N) is 1. The molecular weight excluding hydrogens is 235 g/mol. The molecule has 0 aliphatic carbocycles. The van der Waals surface area contributed by atoms with Crippen LogP contribution in [-0.2, 0) is 0 Å². The van der Waals surface area contributed by atoms with Gasteiger partial charge in [0.1, 0.15) is 5.82 Å². The molecule has 1 aromatic carbocycles. The number of aromatic nitrogens is 2. The quantitative estimate of drug-likeness (QED) is 0.760. The first-order valence-corrected chi connectivity index (χ1v) is 5.37. The first-order chi connectivity index (χ1) is 8.49. The van der Waals surface area contributed by atoms with Crippen LogP contribution < -0.4 is 11.1 Å². The van der Waals surface area contributed by atoms with Crippen LogP contribution >= 0.6 is 0 Å². The molecule has 0 aliphatic heterocycles. The maximum Gasteiger partial charge on any atom is 0.278 e. The molecule has 2 aromatic rings. The topological polar surface area (TPSA) is 83.8 Å². The van der Waals surface area contributed by atoms with Gasteiger partial charge < -0.3 is 11.1 Å². The Hall–Kier alpha value is -2.37. The average Bonchev–Trinajstić information content (AvgIpc) is 2.65. The van der Waals surface area contributed by atoms with E-state index in [4.69, 9.17) is 5.73 Å². The first-order valence-electron chi connectivity index (χ1n) is 5.37. The van der Waals surface area contributed by atoms with E-state index < -0.39 is 11.7 Å². The number of aryl methyl sites for hydroxylation is 2. The Bertz CT molecular complexity index is 606. The summed E-state index contributed by atoms with van der Waals surface area (Å²) in [5.74, 6) is -0.882. The molecule has 0 fully saturated rings. The number of halogens is 1. The number of carbonyl (C=O) groups is 1. The minimum atomic E-state index is -0.467. The molecule has 0 unspecified atom stereocenters. The molecule has 0 bridgehead atoms. The average molecular weight is 248 g/mol. The number of hydrogen-bond donors (Lipinski definition) is 3. The number of carbonyl (C=O) groups excluding carboxylic acids is 1. The van der Waals surface area contributed by atoms with E-state index >= 15 is 0 Å². The van der Waals surface area contributed by atoms with Gasteiger partial charge in [-0.15, -0.1) is 0 Å². The standard InChI is InChI=1S/C12H13FN4O/c1-6-3-4-8(13)5-9(6)15-12(18)11-10(14)7(2)16-17-11/h3-5H,14H2,1-2H3,(H,15,18)(H,16,17). The molecule has 18 heavy (non-hydrogen) atoms. The highest BCUT2D eigenvalue weighted by Crippen LogP contribution is 2.19. The lowest BCUT2D eigenvalue weighted by Gasteiger charge is -2.07. The zero-order valence-corrected chi connectivity index (χ0v) is 10.0. The minimum Gasteiger partial charge on any atom is -0.395 e. The molecule has 0 atom stereocenters. The summed E-state index contributed by atoms with van der Waals surface area (Å²) in [5, 5.41) is 9.01. The third-order valence-electron chi connectivity index (χ3n) is 2.66. The third kappa shape index (κ3) is 2.17. The summed E-state index contributed by atoms with van der Waals surface area (Å²) >= 11 is 0. The fraction of sp³-hybridized carbons (Fsp3) is 0.167. The van der Waals surface area contributed by atoms with E-state index in [0.717, 1.165) is 5.56 Å². The Morgan fingerprint density at radius 1 is 1.44 bits per heavy atom. The van der Waals surface area contributed by atoms with Crippen molar-refractivity contribution in [3.63, 3.8) is 0 Å². The molecule has 4 N–H and O–H groups in total. The zero-order valence-electron chi connectivity index (χ0n) is 10.0. The van der Waals surface area contributed by atoms with Crippen molar-refractivity contribution in [1.82, 2.24) is 10.2 Å². The summed E-state index contributed by atoms with van der Waals surface area (Å²) in [7, 11) is 0. The first kappa shape index (κ1) is 12.1. The zero-order chi connectivity index (χ0) is 13.3. The number of nitrogens with one attached hydrogen (secondary N) is 2. The van der Waals surface area contributed by atoms with Crippen LogP contribution in [0.4, 0.5) is 15.8 Å². The fourth-order valence-electron chi connectivity index (χ4n) is 1.52. The number of hydrogen-bond acceptors (Lipinski definition) is 3. The van der Waals surface area contributed by atoms with Crippen molar-refractivity contribution >= 4 is 17.3 Å². The summed E-state index contributed by atoms with van der Waals surface area (Å²) < 4.78 is 13.1. The normalized spacial score (nSPS) is 10.4. The van der Waals surface area contributed by atoms with E-state index in [2.05, 4.69) is 15.5 Å². The highest BCUT2D eigenvalue weighted by atomic mass is 19.1. The summed E-state index contributed by atoms with van der Waals surface area (Å²) in [5.41, 5.74) is 7.88. The van der Waals surface area contributed by atoms with Gasteiger partial charge in [-0.25, -0.2) is 4.39 Å². The number of amides is 1. The number of rotatable bonds is 2. The number of nitrogens with two attached hydrogens (primary N) is 1. The van der Waals surface area contributed by atoms with Crippen LogP contribution in [0.15, 0.2) is 18.2 Å². The number of aromatic amines is 1. The summed E-state index contributed by atoms with van der Waals surface area (Å²) in [6, 6.07) is 4.17. The molecule has 94 valence electrons. The number of H-pyrrole nitrogens is 1. The lowest BCUT2D eigenvalue weighted by molar-refractivity contribution is 0.102. The van der Waals surface area contributed by atoms with Gasteiger partial charge >= 0.3 is 0 Å². The van der Waals surface area contributed by atoms with Crippen molar-refractivity contribution < 1.29 is 9.18 Å². The summed E-state index contributed by atoms with van der Waals surface area (Å²) in [6.45, 7) is 3.49. The molecule has 1 aromatic heterocycles. The Labute approximate surface area is 103 Å². The summed E-state index contributed by atoms with van der Waals surface area (Å²) in [4.78, 5) is 11.9. The predicted octanol–water partition coefficient (Wildman–Crippen LogP) is 2.00. The van der Waals surface area contributed by atoms with Crippen molar-refractivity contribution in [2.24, 2.45) is 0 Å². The van der Waals surface area contributed by atoms with Crippen LogP contribution in [0.5, 0.6) is 0 Å². The number of nitrogen functional groups attached to an aromatic ring is 1. The number of anilines is 2. The molecule has 5 nitrogen and oxygen atoms in total. The summed E-state index contributed by atoms with van der Waals surface area (Å²) in [6.07, 6.45) is 0. The Morgan fingerprint density at radius 2 is 2.17 bits per heavy atom. The lowest BCUT2D eigenvalue weighted by Crippen LogP contribution is -2.15. The van der Waals surface area contributed by atoms with Crippen LogP contribution in [0.2, 0.25) is 0 Å². The highest BCUT2D eigenvalue weighted by molar-refractivity contribution is 6.06. The molecule has 6 heteroatoms. The molecule has 0 spiro atoms. The fourth-order valence-corrected chi connectivity index (χ4v) is 1.52. The monoisotopic (exact) mass is 248 g/mol. The van der Waals surface area contributed by atoms with E-state index in [0.29, 0.717) is 17.1 Å². The maximum atomic E-state index is 13.1. The van der Waals surface area contributed by atoms with Crippen LogP contribution in [0.3, 0.4) is 0 Å². The van der Waals surface area contributed by atoms with Crippen molar-refractivity contribution in [2.45, 2.75) is 13.8 Å². The van der Waals surface area contributed by atoms with Crippen molar-refractivity contribution in [3.8, 4) is 0 Å². The van der Waals surface area contributed by atoms with Crippen molar-refractivity contribution in [2.75, 3.05) is 11.1 Å². The third-order valence-corrected chi connectivity index (χ3v) is 2.66. The van der Waals surface area contributed by atoms with Crippen LogP contribution in [0, 0.1) is 19.7 Å². The molecule has 0 radical (unpaired) electrons. The van der Waals surface area contributed by atoms with Gasteiger partial charge in [-0.1, -0.05) is 6.07 Å². The molecule has 0 saturated heterocycles.